The number of thiophene rings is 1. The second kappa shape index (κ2) is 6.83. The molecule has 5 rings (SSSR count). The molecular weight excluding hydrogens is 342 g/mol. The molecule has 0 amide bonds. The van der Waals surface area contributed by atoms with E-state index in [2.05, 4.69) is 31.9 Å². The van der Waals surface area contributed by atoms with Crippen molar-refractivity contribution in [1.29, 1.82) is 0 Å². The molecule has 1 N–H and O–H groups in total. The van der Waals surface area contributed by atoms with Crippen molar-refractivity contribution in [2.45, 2.75) is 32.1 Å². The summed E-state index contributed by atoms with van der Waals surface area (Å²) in [5.74, 6) is 2.36. The van der Waals surface area contributed by atoms with Gasteiger partial charge in [0, 0.05) is 10.9 Å². The van der Waals surface area contributed by atoms with Gasteiger partial charge in [0.05, 0.1) is 24.7 Å². The third kappa shape index (κ3) is 2.82. The first-order valence-electron chi connectivity index (χ1n) is 9.62. The highest BCUT2D eigenvalue weighted by molar-refractivity contribution is 7.18. The van der Waals surface area contributed by atoms with Crippen molar-refractivity contribution in [3.8, 4) is 0 Å². The Balaban J connectivity index is 1.44. The van der Waals surface area contributed by atoms with Crippen LogP contribution in [0.2, 0.25) is 0 Å². The van der Waals surface area contributed by atoms with E-state index < -0.39 is 0 Å². The molecule has 3 aromatic heterocycles. The lowest BCUT2D eigenvalue weighted by Gasteiger charge is -2.32. The summed E-state index contributed by atoms with van der Waals surface area (Å²) in [5, 5.41) is 1.34. The number of aryl methyl sites for hydroxylation is 2. The van der Waals surface area contributed by atoms with Crippen LogP contribution in [0, 0.1) is 0 Å². The standard InChI is InChI=1S/C20H23N5S/c1-2-6-15-16(7-3-1)26-20-18(15)19(22-14-23-20)25-12-10-24(11-13-25)17-8-4-5-9-21-17/h4-5,8-9,14H,1-3,6-7,10-13H2/p+1. The van der Waals surface area contributed by atoms with Crippen molar-refractivity contribution < 1.29 is 4.98 Å². The maximum Gasteiger partial charge on any atom is 0.274 e. The maximum absolute atomic E-state index is 4.73. The summed E-state index contributed by atoms with van der Waals surface area (Å²) in [7, 11) is 0. The Kier molecular flexibility index (Phi) is 4.21. The average Bonchev–Trinajstić information content (AvgIpc) is 2.90. The Morgan fingerprint density at radius 1 is 0.923 bits per heavy atom. The lowest BCUT2D eigenvalue weighted by Crippen LogP contribution is -2.48. The number of nitrogens with zero attached hydrogens (tertiary/aromatic N) is 4. The Bertz CT molecular complexity index is 899. The number of anilines is 2. The summed E-state index contributed by atoms with van der Waals surface area (Å²) >= 11 is 1.90. The minimum absolute atomic E-state index is 0.999. The molecule has 0 radical (unpaired) electrons. The van der Waals surface area contributed by atoms with Crippen molar-refractivity contribution >= 4 is 33.2 Å². The molecule has 5 nitrogen and oxygen atoms in total. The molecule has 0 unspecified atom stereocenters. The van der Waals surface area contributed by atoms with E-state index >= 15 is 0 Å². The number of H-pyrrole nitrogens is 1. The third-order valence-corrected chi connectivity index (χ3v) is 6.79. The van der Waals surface area contributed by atoms with Crippen LogP contribution in [0.25, 0.3) is 10.2 Å². The summed E-state index contributed by atoms with van der Waals surface area (Å²) in [5.41, 5.74) is 1.54. The number of pyridine rings is 1. The Morgan fingerprint density at radius 2 is 1.77 bits per heavy atom. The van der Waals surface area contributed by atoms with Gasteiger partial charge in [-0.1, -0.05) is 12.5 Å². The molecule has 0 atom stereocenters. The fourth-order valence-electron chi connectivity index (χ4n) is 4.23. The zero-order valence-corrected chi connectivity index (χ0v) is 15.8. The lowest BCUT2D eigenvalue weighted by molar-refractivity contribution is -0.364. The van der Waals surface area contributed by atoms with Crippen LogP contribution in [0.5, 0.6) is 0 Å². The van der Waals surface area contributed by atoms with Crippen molar-refractivity contribution in [3.63, 3.8) is 0 Å². The van der Waals surface area contributed by atoms with Crippen LogP contribution in [0.3, 0.4) is 0 Å². The van der Waals surface area contributed by atoms with Gasteiger partial charge in [-0.15, -0.1) is 11.3 Å². The highest BCUT2D eigenvalue weighted by Gasteiger charge is 2.27. The maximum atomic E-state index is 4.73. The molecule has 134 valence electrons. The van der Waals surface area contributed by atoms with Crippen LogP contribution in [0.4, 0.5) is 11.6 Å². The molecule has 0 aromatic carbocycles. The Hall–Kier alpha value is -2.21. The van der Waals surface area contributed by atoms with Gasteiger partial charge in [0.2, 0.25) is 0 Å². The molecule has 26 heavy (non-hydrogen) atoms. The monoisotopic (exact) mass is 366 g/mol. The molecule has 3 aromatic rings. The van der Waals surface area contributed by atoms with E-state index in [9.17, 15) is 0 Å². The molecule has 0 saturated carbocycles. The van der Waals surface area contributed by atoms with Crippen LogP contribution >= 0.6 is 11.3 Å². The normalized spacial score (nSPS) is 18.0. The molecule has 1 saturated heterocycles. The van der Waals surface area contributed by atoms with Crippen LogP contribution in [0.15, 0.2) is 30.7 Å². The van der Waals surface area contributed by atoms with E-state index in [0.717, 1.165) is 32.0 Å². The Labute approximate surface area is 157 Å². The summed E-state index contributed by atoms with van der Waals surface area (Å²) in [6.45, 7) is 4.02. The summed E-state index contributed by atoms with van der Waals surface area (Å²) < 4.78 is 0. The van der Waals surface area contributed by atoms with Crippen LogP contribution in [0.1, 0.15) is 29.7 Å². The second-order valence-corrected chi connectivity index (χ2v) is 8.25. The zero-order valence-electron chi connectivity index (χ0n) is 14.9. The van der Waals surface area contributed by atoms with Gasteiger partial charge in [-0.3, -0.25) is 4.90 Å². The lowest BCUT2D eigenvalue weighted by atomic mass is 10.1. The fraction of sp³-hybridized carbons (Fsp3) is 0.450. The molecule has 1 fully saturated rings. The number of aromatic nitrogens is 3. The number of piperazine rings is 1. The van der Waals surface area contributed by atoms with E-state index in [4.69, 9.17) is 4.98 Å². The van der Waals surface area contributed by atoms with E-state index in [0.29, 0.717) is 0 Å². The molecule has 1 aliphatic carbocycles. The minimum atomic E-state index is 0.999. The highest BCUT2D eigenvalue weighted by atomic mass is 32.1. The summed E-state index contributed by atoms with van der Waals surface area (Å²) in [4.78, 5) is 20.3. The predicted octanol–water partition coefficient (Wildman–Crippen LogP) is 3.10. The van der Waals surface area contributed by atoms with Gasteiger partial charge in [0.15, 0.2) is 0 Å². The average molecular weight is 367 g/mol. The number of hydrogen-bond acceptors (Lipinski definition) is 5. The first kappa shape index (κ1) is 16.0. The minimum Gasteiger partial charge on any atom is -0.348 e. The molecule has 4 heterocycles. The van der Waals surface area contributed by atoms with Gasteiger partial charge < -0.3 is 4.90 Å². The van der Waals surface area contributed by atoms with E-state index in [-0.39, 0.29) is 0 Å². The van der Waals surface area contributed by atoms with Crippen molar-refractivity contribution in [2.24, 2.45) is 0 Å². The van der Waals surface area contributed by atoms with Crippen LogP contribution < -0.4 is 14.8 Å². The Morgan fingerprint density at radius 3 is 2.62 bits per heavy atom. The van der Waals surface area contributed by atoms with Crippen LogP contribution in [-0.2, 0) is 12.8 Å². The molecule has 2 aliphatic rings. The number of rotatable bonds is 2. The topological polar surface area (TPSA) is 46.4 Å². The number of aromatic amines is 1. The van der Waals surface area contributed by atoms with Gasteiger partial charge in [-0.2, -0.15) is 0 Å². The zero-order chi connectivity index (χ0) is 17.3. The van der Waals surface area contributed by atoms with Crippen molar-refractivity contribution in [1.82, 2.24) is 9.97 Å². The van der Waals surface area contributed by atoms with Crippen LogP contribution in [-0.4, -0.2) is 36.1 Å². The molecular formula is C20H24N5S+. The van der Waals surface area contributed by atoms with Gasteiger partial charge >= 0.3 is 0 Å². The smallest absolute Gasteiger partial charge is 0.274 e. The predicted molar refractivity (Wildman–Crippen MR) is 106 cm³/mol. The van der Waals surface area contributed by atoms with E-state index in [1.165, 1.54) is 53.7 Å². The van der Waals surface area contributed by atoms with Gasteiger partial charge in [0.1, 0.15) is 30.1 Å². The second-order valence-electron chi connectivity index (χ2n) is 7.16. The fourth-order valence-corrected chi connectivity index (χ4v) is 5.45. The van der Waals surface area contributed by atoms with Crippen molar-refractivity contribution in [2.75, 3.05) is 36.0 Å². The molecule has 0 bridgehead atoms. The van der Waals surface area contributed by atoms with Crippen molar-refractivity contribution in [3.05, 3.63) is 41.2 Å². The largest absolute Gasteiger partial charge is 0.348 e. The first-order chi connectivity index (χ1) is 12.9. The summed E-state index contributed by atoms with van der Waals surface area (Å²) in [6.07, 6.45) is 10.1. The van der Waals surface area contributed by atoms with Gasteiger partial charge in [0.25, 0.3) is 5.82 Å². The highest BCUT2D eigenvalue weighted by Crippen LogP contribution is 2.38. The molecule has 6 heteroatoms. The van der Waals surface area contributed by atoms with E-state index in [1.54, 1.807) is 11.2 Å². The quantitative estimate of drug-likeness (QED) is 0.654. The van der Waals surface area contributed by atoms with Gasteiger partial charge in [-0.05, 0) is 37.3 Å². The summed E-state index contributed by atoms with van der Waals surface area (Å²) in [6, 6.07) is 6.27. The number of hydrogen-bond donors (Lipinski definition) is 0. The third-order valence-electron chi connectivity index (χ3n) is 5.59. The van der Waals surface area contributed by atoms with Gasteiger partial charge in [-0.25, -0.2) is 15.0 Å². The number of fused-ring (bicyclic) bond motifs is 3. The molecule has 0 spiro atoms. The molecule has 1 aliphatic heterocycles. The SMILES string of the molecule is c1ccc(N2CCN(c3ncnc4sc5c(c34)CCCCC5)CC2)[nH+]c1. The first-order valence-corrected chi connectivity index (χ1v) is 10.4. The van der Waals surface area contributed by atoms with E-state index in [1.807, 2.05) is 23.6 Å². The number of nitrogens with one attached hydrogen (secondary N) is 1.